The highest BCUT2D eigenvalue weighted by molar-refractivity contribution is 7.12. The number of terminal acetylenes is 1. The summed E-state index contributed by atoms with van der Waals surface area (Å²) in [5, 5.41) is 1.94. The molecule has 0 saturated carbocycles. The zero-order chi connectivity index (χ0) is 10.6. The molecule has 0 aliphatic heterocycles. The number of carbonyl (C=O) groups excluding carboxylic acids is 1. The minimum absolute atomic E-state index is 0.0230. The van der Waals surface area contributed by atoms with E-state index in [1.807, 2.05) is 18.4 Å². The molecule has 0 unspecified atom stereocenters. The van der Waals surface area contributed by atoms with Crippen molar-refractivity contribution in [3.8, 4) is 12.3 Å². The molecule has 0 N–H and O–H groups in total. The molecule has 1 amide bonds. The SMILES string of the molecule is C#CCN(C)C(=O)c1sccc1CC. The normalized spacial score (nSPS) is 9.50. The Kier molecular flexibility index (Phi) is 3.73. The molecule has 2 nitrogen and oxygen atoms in total. The smallest absolute Gasteiger partial charge is 0.264 e. The van der Waals surface area contributed by atoms with Crippen LogP contribution in [-0.2, 0) is 6.42 Å². The lowest BCUT2D eigenvalue weighted by Crippen LogP contribution is -2.26. The molecule has 0 fully saturated rings. The molecule has 74 valence electrons. The van der Waals surface area contributed by atoms with Gasteiger partial charge in [0.2, 0.25) is 0 Å². The maximum Gasteiger partial charge on any atom is 0.264 e. The van der Waals surface area contributed by atoms with E-state index in [1.54, 1.807) is 11.9 Å². The van der Waals surface area contributed by atoms with Gasteiger partial charge in [-0.05, 0) is 23.4 Å². The topological polar surface area (TPSA) is 20.3 Å². The molecular weight excluding hydrogens is 194 g/mol. The Morgan fingerprint density at radius 1 is 1.71 bits per heavy atom. The van der Waals surface area contributed by atoms with E-state index in [0.29, 0.717) is 6.54 Å². The van der Waals surface area contributed by atoms with Crippen molar-refractivity contribution >= 4 is 17.2 Å². The summed E-state index contributed by atoms with van der Waals surface area (Å²) in [7, 11) is 1.72. The summed E-state index contributed by atoms with van der Waals surface area (Å²) in [6.45, 7) is 2.40. The standard InChI is InChI=1S/C11H13NOS/c1-4-7-12(3)11(13)10-9(5-2)6-8-14-10/h1,6,8H,5,7H2,2-3H3. The van der Waals surface area contributed by atoms with Crippen LogP contribution in [0, 0.1) is 12.3 Å². The third-order valence-electron chi connectivity index (χ3n) is 2.00. The van der Waals surface area contributed by atoms with E-state index in [4.69, 9.17) is 6.42 Å². The maximum atomic E-state index is 11.8. The molecule has 0 saturated heterocycles. The highest BCUT2D eigenvalue weighted by atomic mass is 32.1. The van der Waals surface area contributed by atoms with Gasteiger partial charge in [0, 0.05) is 7.05 Å². The van der Waals surface area contributed by atoms with Crippen molar-refractivity contribution in [1.29, 1.82) is 0 Å². The van der Waals surface area contributed by atoms with Crippen LogP contribution in [0.5, 0.6) is 0 Å². The average molecular weight is 207 g/mol. The molecule has 0 aliphatic rings. The molecule has 0 bridgehead atoms. The molecule has 14 heavy (non-hydrogen) atoms. The van der Waals surface area contributed by atoms with E-state index in [2.05, 4.69) is 5.92 Å². The number of hydrogen-bond acceptors (Lipinski definition) is 2. The van der Waals surface area contributed by atoms with Gasteiger partial charge in [0.25, 0.3) is 5.91 Å². The summed E-state index contributed by atoms with van der Waals surface area (Å²) >= 11 is 1.48. The Morgan fingerprint density at radius 2 is 2.43 bits per heavy atom. The van der Waals surface area contributed by atoms with E-state index < -0.39 is 0 Å². The van der Waals surface area contributed by atoms with Crippen LogP contribution in [0.25, 0.3) is 0 Å². The van der Waals surface area contributed by atoms with Crippen LogP contribution in [0.4, 0.5) is 0 Å². The average Bonchev–Trinajstić information content (AvgIpc) is 2.64. The third kappa shape index (κ3) is 2.15. The summed E-state index contributed by atoms with van der Waals surface area (Å²) in [6.07, 6.45) is 6.03. The predicted octanol–water partition coefficient (Wildman–Crippen LogP) is 2.02. The van der Waals surface area contributed by atoms with Crippen LogP contribution in [0.15, 0.2) is 11.4 Å². The fourth-order valence-electron chi connectivity index (χ4n) is 1.18. The van der Waals surface area contributed by atoms with Crippen molar-refractivity contribution in [2.24, 2.45) is 0 Å². The summed E-state index contributed by atoms with van der Waals surface area (Å²) in [5.74, 6) is 2.48. The highest BCUT2D eigenvalue weighted by Gasteiger charge is 2.15. The lowest BCUT2D eigenvalue weighted by atomic mass is 10.2. The molecule has 0 aromatic carbocycles. The van der Waals surface area contributed by atoms with Crippen molar-refractivity contribution in [3.05, 3.63) is 21.9 Å². The highest BCUT2D eigenvalue weighted by Crippen LogP contribution is 2.18. The van der Waals surface area contributed by atoms with Crippen molar-refractivity contribution in [2.75, 3.05) is 13.6 Å². The Balaban J connectivity index is 2.84. The quantitative estimate of drug-likeness (QED) is 0.694. The zero-order valence-corrected chi connectivity index (χ0v) is 9.23. The van der Waals surface area contributed by atoms with Crippen LogP contribution in [0.1, 0.15) is 22.2 Å². The number of rotatable bonds is 3. The Morgan fingerprint density at radius 3 is 3.00 bits per heavy atom. The largest absolute Gasteiger partial charge is 0.330 e. The van der Waals surface area contributed by atoms with E-state index in [1.165, 1.54) is 11.3 Å². The van der Waals surface area contributed by atoms with Gasteiger partial charge in [-0.3, -0.25) is 4.79 Å². The molecule has 1 rings (SSSR count). The first kappa shape index (κ1) is 10.8. The van der Waals surface area contributed by atoms with Gasteiger partial charge in [-0.1, -0.05) is 12.8 Å². The third-order valence-corrected chi connectivity index (χ3v) is 2.94. The second-order valence-electron chi connectivity index (χ2n) is 2.99. The molecule has 0 atom stereocenters. The van der Waals surface area contributed by atoms with Gasteiger partial charge >= 0.3 is 0 Å². The molecule has 1 aromatic rings. The van der Waals surface area contributed by atoms with Gasteiger partial charge in [-0.25, -0.2) is 0 Å². The lowest BCUT2D eigenvalue weighted by molar-refractivity contribution is 0.0816. The minimum atomic E-state index is 0.0230. The number of aryl methyl sites for hydroxylation is 1. The van der Waals surface area contributed by atoms with Gasteiger partial charge < -0.3 is 4.90 Å². The number of carbonyl (C=O) groups is 1. The molecule has 0 aliphatic carbocycles. The summed E-state index contributed by atoms with van der Waals surface area (Å²) < 4.78 is 0. The lowest BCUT2D eigenvalue weighted by Gasteiger charge is -2.13. The van der Waals surface area contributed by atoms with Crippen molar-refractivity contribution < 1.29 is 4.79 Å². The van der Waals surface area contributed by atoms with E-state index >= 15 is 0 Å². The van der Waals surface area contributed by atoms with Gasteiger partial charge in [0.05, 0.1) is 11.4 Å². The Bertz CT molecular complexity index is 362. The Labute approximate surface area is 88.5 Å². The second-order valence-corrected chi connectivity index (χ2v) is 3.91. The number of hydrogen-bond donors (Lipinski definition) is 0. The molecule has 1 heterocycles. The fourth-order valence-corrected chi connectivity index (χ4v) is 2.17. The monoisotopic (exact) mass is 207 g/mol. The van der Waals surface area contributed by atoms with Gasteiger partial charge in [-0.15, -0.1) is 17.8 Å². The summed E-state index contributed by atoms with van der Waals surface area (Å²) in [5.41, 5.74) is 1.10. The first-order chi connectivity index (χ1) is 6.70. The number of nitrogens with zero attached hydrogens (tertiary/aromatic N) is 1. The Hall–Kier alpha value is -1.27. The predicted molar refractivity (Wildman–Crippen MR) is 59.5 cm³/mol. The summed E-state index contributed by atoms with van der Waals surface area (Å²) in [6, 6.07) is 1.99. The maximum absolute atomic E-state index is 11.8. The molecular formula is C11H13NOS. The molecule has 3 heteroatoms. The van der Waals surface area contributed by atoms with Gasteiger partial charge in [0.15, 0.2) is 0 Å². The zero-order valence-electron chi connectivity index (χ0n) is 8.41. The molecule has 0 radical (unpaired) electrons. The fraction of sp³-hybridized carbons (Fsp3) is 0.364. The first-order valence-corrected chi connectivity index (χ1v) is 5.34. The van der Waals surface area contributed by atoms with Crippen LogP contribution < -0.4 is 0 Å². The van der Waals surface area contributed by atoms with Gasteiger partial charge in [-0.2, -0.15) is 0 Å². The van der Waals surface area contributed by atoms with E-state index in [-0.39, 0.29) is 5.91 Å². The van der Waals surface area contributed by atoms with Crippen LogP contribution in [-0.4, -0.2) is 24.4 Å². The van der Waals surface area contributed by atoms with Gasteiger partial charge in [0.1, 0.15) is 0 Å². The van der Waals surface area contributed by atoms with E-state index in [9.17, 15) is 4.79 Å². The molecule has 1 aromatic heterocycles. The number of amides is 1. The molecule has 0 spiro atoms. The van der Waals surface area contributed by atoms with Crippen LogP contribution in [0.2, 0.25) is 0 Å². The van der Waals surface area contributed by atoms with E-state index in [0.717, 1.165) is 16.9 Å². The van der Waals surface area contributed by atoms with Crippen molar-refractivity contribution in [3.63, 3.8) is 0 Å². The first-order valence-electron chi connectivity index (χ1n) is 4.46. The van der Waals surface area contributed by atoms with Crippen LogP contribution >= 0.6 is 11.3 Å². The van der Waals surface area contributed by atoms with Crippen LogP contribution in [0.3, 0.4) is 0 Å². The van der Waals surface area contributed by atoms with Crippen molar-refractivity contribution in [2.45, 2.75) is 13.3 Å². The second kappa shape index (κ2) is 4.83. The summed E-state index contributed by atoms with van der Waals surface area (Å²) in [4.78, 5) is 14.2. The minimum Gasteiger partial charge on any atom is -0.330 e. The van der Waals surface area contributed by atoms with Crippen molar-refractivity contribution in [1.82, 2.24) is 4.90 Å². The number of thiophene rings is 1.